The molecule has 1 aromatic heterocycles. The van der Waals surface area contributed by atoms with Crippen molar-refractivity contribution in [3.63, 3.8) is 0 Å². The van der Waals surface area contributed by atoms with Gasteiger partial charge in [-0.15, -0.1) is 0 Å². The van der Waals surface area contributed by atoms with Crippen LogP contribution in [0.5, 0.6) is 5.75 Å². The fourth-order valence-electron chi connectivity index (χ4n) is 5.29. The van der Waals surface area contributed by atoms with Crippen molar-refractivity contribution >= 4 is 11.8 Å². The van der Waals surface area contributed by atoms with Crippen molar-refractivity contribution in [3.8, 4) is 5.75 Å². The predicted octanol–water partition coefficient (Wildman–Crippen LogP) is 4.35. The quantitative estimate of drug-likeness (QED) is 0.418. The summed E-state index contributed by atoms with van der Waals surface area (Å²) in [7, 11) is 0. The first-order valence-corrected chi connectivity index (χ1v) is 13.0. The van der Waals surface area contributed by atoms with E-state index in [9.17, 15) is 50.2 Å². The van der Waals surface area contributed by atoms with Gasteiger partial charge in [0, 0.05) is 32.4 Å². The molecule has 5 rings (SSSR count). The number of alkyl halides is 6. The zero-order chi connectivity index (χ0) is 31.3. The average Bonchev–Trinajstić information content (AvgIpc) is 2.94. The first-order chi connectivity index (χ1) is 20.1. The summed E-state index contributed by atoms with van der Waals surface area (Å²) in [5.74, 6) is -3.13. The molecule has 1 unspecified atom stereocenters. The Kier molecular flexibility index (Phi) is 7.71. The lowest BCUT2D eigenvalue weighted by molar-refractivity contribution is -0.143. The SMILES string of the molecule is O=C(NCc1ccc(F)cc1)c1cn2c(c(O)c1=O)C(=O)N1CCCN(Cc3cc(C(F)(F)F)cc(C(F)(F)F)c3)C1C2. The van der Waals surface area contributed by atoms with Gasteiger partial charge in [0.25, 0.3) is 11.8 Å². The number of carbonyl (C=O) groups is 2. The van der Waals surface area contributed by atoms with Gasteiger partial charge in [0.1, 0.15) is 17.5 Å². The van der Waals surface area contributed by atoms with E-state index >= 15 is 0 Å². The standard InChI is InChI=1S/C28H23F7N4O4/c29-19-4-2-15(3-5-19)11-36-25(42)20-13-38-14-21-37(6-1-7-39(21)26(43)22(38)24(41)23(20)40)12-16-8-17(27(30,31)32)10-18(9-16)28(33,34)35/h2-5,8-10,13,21,41H,1,6-7,11-12,14H2,(H,36,42). The molecule has 1 atom stereocenters. The molecule has 0 radical (unpaired) electrons. The maximum absolute atomic E-state index is 13.4. The molecule has 0 saturated carbocycles. The molecule has 43 heavy (non-hydrogen) atoms. The number of aromatic hydroxyl groups is 1. The van der Waals surface area contributed by atoms with Gasteiger partial charge in [0.2, 0.25) is 5.43 Å². The van der Waals surface area contributed by atoms with Crippen LogP contribution in [0.3, 0.4) is 0 Å². The Labute approximate surface area is 238 Å². The zero-order valence-electron chi connectivity index (χ0n) is 22.1. The molecule has 3 aromatic rings. The minimum Gasteiger partial charge on any atom is -0.503 e. The monoisotopic (exact) mass is 612 g/mol. The third-order valence-corrected chi connectivity index (χ3v) is 7.35. The number of benzene rings is 2. The van der Waals surface area contributed by atoms with Crippen LogP contribution in [0.2, 0.25) is 0 Å². The molecule has 0 aliphatic carbocycles. The number of nitrogens with one attached hydrogen (secondary N) is 1. The van der Waals surface area contributed by atoms with Gasteiger partial charge < -0.3 is 19.9 Å². The van der Waals surface area contributed by atoms with E-state index < -0.39 is 69.7 Å². The Morgan fingerprint density at radius 2 is 1.56 bits per heavy atom. The number of rotatable bonds is 5. The van der Waals surface area contributed by atoms with Gasteiger partial charge >= 0.3 is 12.4 Å². The fourth-order valence-corrected chi connectivity index (χ4v) is 5.29. The Morgan fingerprint density at radius 3 is 2.16 bits per heavy atom. The third-order valence-electron chi connectivity index (χ3n) is 7.35. The van der Waals surface area contributed by atoms with Crippen LogP contribution in [0.4, 0.5) is 30.7 Å². The van der Waals surface area contributed by atoms with Crippen LogP contribution in [-0.2, 0) is 32.0 Å². The van der Waals surface area contributed by atoms with Gasteiger partial charge in [-0.2, -0.15) is 26.3 Å². The van der Waals surface area contributed by atoms with Crippen LogP contribution in [0.15, 0.2) is 53.5 Å². The molecule has 2 N–H and O–H groups in total. The minimum absolute atomic E-state index is 0.0359. The second-order valence-corrected chi connectivity index (χ2v) is 10.2. The van der Waals surface area contributed by atoms with E-state index in [4.69, 9.17) is 0 Å². The highest BCUT2D eigenvalue weighted by molar-refractivity contribution is 5.99. The molecule has 2 aromatic carbocycles. The van der Waals surface area contributed by atoms with Crippen molar-refractivity contribution in [1.82, 2.24) is 19.7 Å². The van der Waals surface area contributed by atoms with Crippen LogP contribution in [0.1, 0.15) is 49.5 Å². The number of hydrogen-bond donors (Lipinski definition) is 2. The second-order valence-electron chi connectivity index (χ2n) is 10.2. The summed E-state index contributed by atoms with van der Waals surface area (Å²) in [6, 6.07) is 6.47. The Morgan fingerprint density at radius 1 is 0.930 bits per heavy atom. The van der Waals surface area contributed by atoms with Crippen molar-refractivity contribution < 1.29 is 45.4 Å². The molecule has 1 fully saturated rings. The molecule has 15 heteroatoms. The molecule has 1 saturated heterocycles. The Hall–Kier alpha value is -4.40. The minimum atomic E-state index is -5.03. The number of pyridine rings is 1. The van der Waals surface area contributed by atoms with Crippen LogP contribution in [0, 0.1) is 5.82 Å². The van der Waals surface area contributed by atoms with Crippen LogP contribution < -0.4 is 10.7 Å². The highest BCUT2D eigenvalue weighted by atomic mass is 19.4. The topological polar surface area (TPSA) is 94.9 Å². The first-order valence-electron chi connectivity index (χ1n) is 13.0. The third kappa shape index (κ3) is 6.07. The van der Waals surface area contributed by atoms with Crippen molar-refractivity contribution in [3.05, 3.63) is 98.2 Å². The number of carbonyl (C=O) groups excluding carboxylic acids is 2. The predicted molar refractivity (Wildman–Crippen MR) is 136 cm³/mol. The highest BCUT2D eigenvalue weighted by Crippen LogP contribution is 2.37. The van der Waals surface area contributed by atoms with Crippen molar-refractivity contribution in [1.29, 1.82) is 0 Å². The van der Waals surface area contributed by atoms with Gasteiger partial charge in [0.05, 0.1) is 17.7 Å². The molecule has 2 aliphatic heterocycles. The number of aromatic nitrogens is 1. The summed E-state index contributed by atoms with van der Waals surface area (Å²) < 4.78 is 94.8. The first kappa shape index (κ1) is 30.1. The molecule has 2 aliphatic rings. The van der Waals surface area contributed by atoms with E-state index in [-0.39, 0.29) is 44.4 Å². The lowest BCUT2D eigenvalue weighted by Crippen LogP contribution is -2.60. The van der Waals surface area contributed by atoms with E-state index in [0.717, 1.165) is 6.20 Å². The fraction of sp³-hybridized carbons (Fsp3) is 0.321. The number of nitrogens with zero attached hydrogens (tertiary/aromatic N) is 3. The Balaban J connectivity index is 1.44. The summed E-state index contributed by atoms with van der Waals surface area (Å²) in [5, 5.41) is 13.1. The van der Waals surface area contributed by atoms with Gasteiger partial charge in [-0.3, -0.25) is 19.3 Å². The van der Waals surface area contributed by atoms with E-state index in [1.165, 1.54) is 38.6 Å². The van der Waals surface area contributed by atoms with E-state index in [2.05, 4.69) is 5.32 Å². The largest absolute Gasteiger partial charge is 0.503 e. The molecular formula is C28H23F7N4O4. The van der Waals surface area contributed by atoms with E-state index in [1.807, 2.05) is 0 Å². The van der Waals surface area contributed by atoms with Crippen molar-refractivity contribution in [2.45, 2.75) is 44.6 Å². The summed E-state index contributed by atoms with van der Waals surface area (Å²) >= 11 is 0. The lowest BCUT2D eigenvalue weighted by Gasteiger charge is -2.47. The maximum atomic E-state index is 13.4. The smallest absolute Gasteiger partial charge is 0.416 e. The van der Waals surface area contributed by atoms with Gasteiger partial charge in [-0.1, -0.05) is 12.1 Å². The summed E-state index contributed by atoms with van der Waals surface area (Å²) in [6.45, 7) is -0.212. The molecule has 8 nitrogen and oxygen atoms in total. The van der Waals surface area contributed by atoms with Gasteiger partial charge in [0.15, 0.2) is 11.4 Å². The number of amides is 2. The lowest BCUT2D eigenvalue weighted by atomic mass is 10.0. The molecule has 3 heterocycles. The van der Waals surface area contributed by atoms with Gasteiger partial charge in [-0.25, -0.2) is 4.39 Å². The van der Waals surface area contributed by atoms with Crippen LogP contribution in [0.25, 0.3) is 0 Å². The number of hydrogen-bond acceptors (Lipinski definition) is 5. The molecular weight excluding hydrogens is 589 g/mol. The number of fused-ring (bicyclic) bond motifs is 2. The maximum Gasteiger partial charge on any atom is 0.416 e. The van der Waals surface area contributed by atoms with Crippen LogP contribution in [-0.4, -0.2) is 50.5 Å². The zero-order valence-corrected chi connectivity index (χ0v) is 22.1. The van der Waals surface area contributed by atoms with Gasteiger partial charge in [-0.05, 0) is 47.9 Å². The van der Waals surface area contributed by atoms with Crippen molar-refractivity contribution in [2.24, 2.45) is 0 Å². The molecule has 228 valence electrons. The molecule has 2 amide bonds. The van der Waals surface area contributed by atoms with E-state index in [0.29, 0.717) is 24.1 Å². The highest BCUT2D eigenvalue weighted by Gasteiger charge is 2.42. The molecule has 0 bridgehead atoms. The van der Waals surface area contributed by atoms with Crippen molar-refractivity contribution in [2.75, 3.05) is 13.1 Å². The molecule has 0 spiro atoms. The summed E-state index contributed by atoms with van der Waals surface area (Å²) in [4.78, 5) is 41.9. The Bertz CT molecular complexity index is 1600. The van der Waals surface area contributed by atoms with Crippen LogP contribution >= 0.6 is 0 Å². The average molecular weight is 613 g/mol. The summed E-state index contributed by atoms with van der Waals surface area (Å²) in [6.07, 6.45) is -9.52. The normalized spacial score (nSPS) is 17.4. The second kappa shape index (κ2) is 11.0. The number of halogens is 7. The van der Waals surface area contributed by atoms with E-state index in [1.54, 1.807) is 0 Å². The summed E-state index contributed by atoms with van der Waals surface area (Å²) in [5.41, 5.74) is -4.68.